The van der Waals surface area contributed by atoms with Crippen LogP contribution in [0.25, 0.3) is 12.2 Å². The van der Waals surface area contributed by atoms with Crippen molar-refractivity contribution in [3.05, 3.63) is 107 Å². The number of carboxylic acids is 1. The van der Waals surface area contributed by atoms with Crippen molar-refractivity contribution in [3.63, 3.8) is 0 Å². The van der Waals surface area contributed by atoms with Crippen LogP contribution in [0.4, 0.5) is 0 Å². The number of amides is 2. The largest absolute Gasteiger partial charge is 0.480 e. The summed E-state index contributed by atoms with van der Waals surface area (Å²) in [6.07, 6.45) is 6.07. The minimum absolute atomic E-state index is 0.0136. The van der Waals surface area contributed by atoms with Gasteiger partial charge in [-0.1, -0.05) is 78.9 Å². The van der Waals surface area contributed by atoms with Gasteiger partial charge >= 0.3 is 11.9 Å². The fourth-order valence-electron chi connectivity index (χ4n) is 5.92. The molecule has 8 nitrogen and oxygen atoms in total. The molecule has 4 unspecified atom stereocenters. The third-order valence-corrected chi connectivity index (χ3v) is 8.72. The monoisotopic (exact) mass is 584 g/mol. The number of aliphatic carboxylic acids is 1. The molecule has 2 saturated heterocycles. The first-order chi connectivity index (χ1) is 20.3. The Bertz CT molecular complexity index is 1510. The Labute approximate surface area is 248 Å². The number of imide groups is 1. The zero-order valence-corrected chi connectivity index (χ0v) is 24.2. The summed E-state index contributed by atoms with van der Waals surface area (Å²) in [5, 5.41) is 13.8. The van der Waals surface area contributed by atoms with Crippen LogP contribution in [-0.2, 0) is 25.7 Å². The van der Waals surface area contributed by atoms with Gasteiger partial charge in [0, 0.05) is 6.04 Å². The fraction of sp³-hybridized carbons (Fsp3) is 0.273. The molecule has 4 atom stereocenters. The van der Waals surface area contributed by atoms with Crippen LogP contribution in [0.15, 0.2) is 78.9 Å². The summed E-state index contributed by atoms with van der Waals surface area (Å²) in [6, 6.07) is 23.4. The molecule has 0 bridgehead atoms. The Morgan fingerprint density at radius 3 is 2.19 bits per heavy atom. The second-order valence-corrected chi connectivity index (χ2v) is 11.5. The number of nitrogens with one attached hydrogen (secondary N) is 1. The number of ether oxygens (including phenoxy) is 1. The number of nitrogens with zero attached hydrogens (tertiary/aromatic N) is 1. The molecule has 2 aliphatic rings. The van der Waals surface area contributed by atoms with Crippen LogP contribution >= 0.6 is 11.8 Å². The molecule has 2 heterocycles. The van der Waals surface area contributed by atoms with E-state index in [1.165, 1.54) is 23.8 Å². The van der Waals surface area contributed by atoms with Gasteiger partial charge < -0.3 is 9.84 Å². The van der Waals surface area contributed by atoms with Gasteiger partial charge in [-0.2, -0.15) is 11.8 Å². The number of fused-ring (bicyclic) bond motifs is 1. The van der Waals surface area contributed by atoms with Crippen molar-refractivity contribution in [2.75, 3.05) is 19.1 Å². The molecule has 9 heteroatoms. The maximum Gasteiger partial charge on any atom is 0.337 e. The topological polar surface area (TPSA) is 113 Å². The van der Waals surface area contributed by atoms with Gasteiger partial charge in [0.15, 0.2) is 0 Å². The van der Waals surface area contributed by atoms with Gasteiger partial charge in [0.1, 0.15) is 5.54 Å². The summed E-state index contributed by atoms with van der Waals surface area (Å²) in [6.45, 7) is -0.0136. The number of carbonyl (C=O) groups is 4. The van der Waals surface area contributed by atoms with E-state index in [9.17, 15) is 24.3 Å². The molecule has 5 rings (SSSR count). The van der Waals surface area contributed by atoms with E-state index in [1.807, 2.05) is 73.0 Å². The standard InChI is InChI=1S/C33H32N2O6S/c1-41-31(38)25-16-12-23(13-17-25)20-35-29(36)26-27(30(35)37)33(32(39)40,18-19-42-2)34-28(26)24-14-10-22(11-15-24)9-8-21-6-4-3-5-7-21/h3-17,26-28,34H,18-20H2,1-2H3,(H,39,40)/b9-8+. The van der Waals surface area contributed by atoms with Crippen LogP contribution in [0.2, 0.25) is 0 Å². The van der Waals surface area contributed by atoms with Crippen molar-refractivity contribution in [2.45, 2.75) is 24.5 Å². The van der Waals surface area contributed by atoms with Gasteiger partial charge in [-0.05, 0) is 52.8 Å². The predicted octanol–water partition coefficient (Wildman–Crippen LogP) is 4.67. The van der Waals surface area contributed by atoms with Crippen LogP contribution in [-0.4, -0.2) is 58.4 Å². The summed E-state index contributed by atoms with van der Waals surface area (Å²) in [7, 11) is 1.29. The Hall–Kier alpha value is -4.21. The molecule has 0 radical (unpaired) electrons. The molecular formula is C33H32N2O6S. The first-order valence-electron chi connectivity index (χ1n) is 13.6. The highest BCUT2D eigenvalue weighted by molar-refractivity contribution is 7.98. The van der Waals surface area contributed by atoms with E-state index in [4.69, 9.17) is 4.74 Å². The Kier molecular flexibility index (Phi) is 8.61. The van der Waals surface area contributed by atoms with Crippen molar-refractivity contribution in [1.29, 1.82) is 0 Å². The number of thioether (sulfide) groups is 1. The van der Waals surface area contributed by atoms with Gasteiger partial charge in [-0.25, -0.2) is 4.79 Å². The van der Waals surface area contributed by atoms with E-state index in [1.54, 1.807) is 24.3 Å². The Morgan fingerprint density at radius 2 is 1.60 bits per heavy atom. The van der Waals surface area contributed by atoms with Crippen molar-refractivity contribution >= 4 is 47.7 Å². The molecule has 0 saturated carbocycles. The quantitative estimate of drug-likeness (QED) is 0.201. The molecule has 0 aromatic heterocycles. The third-order valence-electron chi connectivity index (χ3n) is 8.11. The second-order valence-electron chi connectivity index (χ2n) is 10.5. The van der Waals surface area contributed by atoms with Crippen molar-refractivity contribution < 1.29 is 29.0 Å². The molecule has 2 N–H and O–H groups in total. The van der Waals surface area contributed by atoms with E-state index in [0.717, 1.165) is 16.7 Å². The Balaban J connectivity index is 1.45. The first kappa shape index (κ1) is 29.3. The third kappa shape index (κ3) is 5.49. The molecule has 0 spiro atoms. The molecule has 42 heavy (non-hydrogen) atoms. The fourth-order valence-corrected chi connectivity index (χ4v) is 6.44. The number of hydrogen-bond donors (Lipinski definition) is 2. The van der Waals surface area contributed by atoms with Gasteiger partial charge in [0.25, 0.3) is 0 Å². The van der Waals surface area contributed by atoms with Crippen molar-refractivity contribution in [1.82, 2.24) is 10.2 Å². The molecule has 216 valence electrons. The molecule has 2 fully saturated rings. The highest BCUT2D eigenvalue weighted by atomic mass is 32.2. The lowest BCUT2D eigenvalue weighted by atomic mass is 9.78. The highest BCUT2D eigenvalue weighted by Gasteiger charge is 2.68. The highest BCUT2D eigenvalue weighted by Crippen LogP contribution is 2.50. The number of rotatable bonds is 10. The van der Waals surface area contributed by atoms with E-state index < -0.39 is 47.2 Å². The lowest BCUT2D eigenvalue weighted by Crippen LogP contribution is -2.56. The molecular weight excluding hydrogens is 552 g/mol. The molecule has 2 aliphatic heterocycles. The number of likely N-dealkylation sites (tertiary alicyclic amines) is 1. The van der Waals surface area contributed by atoms with Crippen LogP contribution in [0, 0.1) is 11.8 Å². The lowest BCUT2D eigenvalue weighted by Gasteiger charge is -2.31. The van der Waals surface area contributed by atoms with Gasteiger partial charge in [-0.3, -0.25) is 24.6 Å². The minimum atomic E-state index is -1.58. The summed E-state index contributed by atoms with van der Waals surface area (Å²) in [5.41, 5.74) is 2.19. The van der Waals surface area contributed by atoms with Crippen LogP contribution in [0.3, 0.4) is 0 Å². The smallest absolute Gasteiger partial charge is 0.337 e. The van der Waals surface area contributed by atoms with Crippen LogP contribution in [0.1, 0.15) is 45.1 Å². The maximum atomic E-state index is 13.9. The number of benzene rings is 3. The number of methoxy groups -OCH3 is 1. The normalized spacial score (nSPS) is 23.4. The van der Waals surface area contributed by atoms with Gasteiger partial charge in [0.05, 0.1) is 31.1 Å². The maximum absolute atomic E-state index is 13.9. The van der Waals surface area contributed by atoms with Gasteiger partial charge in [-0.15, -0.1) is 0 Å². The zero-order valence-electron chi connectivity index (χ0n) is 23.4. The number of hydrogen-bond acceptors (Lipinski definition) is 7. The number of esters is 1. The zero-order chi connectivity index (χ0) is 29.9. The number of carboxylic acid groups (broad SMARTS) is 1. The average molecular weight is 585 g/mol. The summed E-state index contributed by atoms with van der Waals surface area (Å²) in [4.78, 5) is 53.6. The minimum Gasteiger partial charge on any atom is -0.480 e. The van der Waals surface area contributed by atoms with Gasteiger partial charge in [0.2, 0.25) is 11.8 Å². The summed E-state index contributed by atoms with van der Waals surface area (Å²) < 4.78 is 4.74. The average Bonchev–Trinajstić information content (AvgIpc) is 3.49. The van der Waals surface area contributed by atoms with Crippen molar-refractivity contribution in [3.8, 4) is 0 Å². The van der Waals surface area contributed by atoms with E-state index >= 15 is 0 Å². The van der Waals surface area contributed by atoms with Crippen LogP contribution in [0.5, 0.6) is 0 Å². The predicted molar refractivity (Wildman–Crippen MR) is 161 cm³/mol. The van der Waals surface area contributed by atoms with E-state index in [-0.39, 0.29) is 13.0 Å². The van der Waals surface area contributed by atoms with E-state index in [2.05, 4.69) is 5.32 Å². The second kappa shape index (κ2) is 12.3. The van der Waals surface area contributed by atoms with Crippen molar-refractivity contribution in [2.24, 2.45) is 11.8 Å². The molecule has 0 aliphatic carbocycles. The van der Waals surface area contributed by atoms with E-state index in [0.29, 0.717) is 16.9 Å². The SMILES string of the molecule is COC(=O)c1ccc(CN2C(=O)C3C(c4ccc(/C=C/c5ccccc5)cc4)NC(CCSC)(C(=O)O)C3C2=O)cc1. The number of carbonyl (C=O) groups excluding carboxylic acids is 3. The molecule has 2 amide bonds. The molecule has 3 aromatic carbocycles. The lowest BCUT2D eigenvalue weighted by molar-refractivity contribution is -0.151. The molecule has 3 aromatic rings. The summed E-state index contributed by atoms with van der Waals surface area (Å²) in [5.74, 6) is -3.93. The van der Waals surface area contributed by atoms with Crippen LogP contribution < -0.4 is 5.32 Å². The summed E-state index contributed by atoms with van der Waals surface area (Å²) >= 11 is 1.49. The Morgan fingerprint density at radius 1 is 0.952 bits per heavy atom. The first-order valence-corrected chi connectivity index (χ1v) is 15.0.